The zero-order valence-electron chi connectivity index (χ0n) is 31.9. The van der Waals surface area contributed by atoms with Gasteiger partial charge >= 0.3 is 0 Å². The molecule has 0 spiro atoms. The molecule has 8 rings (SSSR count). The van der Waals surface area contributed by atoms with Crippen LogP contribution in [0.15, 0.2) is 114 Å². The van der Waals surface area contributed by atoms with Gasteiger partial charge in [-0.05, 0) is 47.1 Å². The van der Waals surface area contributed by atoms with Gasteiger partial charge in [-0.15, -0.1) is 64.9 Å². The first-order valence-electron chi connectivity index (χ1n) is 17.9. The largest absolute Gasteiger partial charge is 0.498 e. The van der Waals surface area contributed by atoms with Gasteiger partial charge in [-0.2, -0.15) is 0 Å². The van der Waals surface area contributed by atoms with Crippen molar-refractivity contribution in [1.29, 1.82) is 0 Å². The van der Waals surface area contributed by atoms with Gasteiger partial charge in [0.25, 0.3) is 0 Å². The molecule has 8 aromatic rings. The van der Waals surface area contributed by atoms with Gasteiger partial charge in [-0.3, -0.25) is 0 Å². The Bertz CT molecular complexity index is 2520. The number of nitrogens with zero attached hydrogens (tertiary/aromatic N) is 3. The van der Waals surface area contributed by atoms with Crippen LogP contribution in [0.3, 0.4) is 0 Å². The summed E-state index contributed by atoms with van der Waals surface area (Å²) in [6.07, 6.45) is 3.15. The first kappa shape index (κ1) is 25.6. The topological polar surface area (TPSA) is 51.8 Å². The predicted octanol–water partition coefficient (Wildman–Crippen LogP) is 11.2. The Labute approximate surface area is 301 Å². The number of pyridine rings is 2. The van der Waals surface area contributed by atoms with Crippen molar-refractivity contribution in [2.45, 2.75) is 39.9 Å². The molecule has 0 amide bonds. The molecule has 235 valence electrons. The number of thiazole rings is 1. The molecular formula is C41H33IrN3OS-2. The second kappa shape index (κ2) is 13.3. The second-order valence-electron chi connectivity index (χ2n) is 11.9. The maximum Gasteiger partial charge on any atom is 0.148 e. The van der Waals surface area contributed by atoms with Crippen LogP contribution in [0.5, 0.6) is 0 Å². The zero-order chi connectivity index (χ0) is 36.8. The average molecular weight is 814 g/mol. The fourth-order valence-electron chi connectivity index (χ4n) is 5.25. The fraction of sp³-hybridized carbons (Fsp3) is 0.146. The molecule has 0 atom stereocenters. The summed E-state index contributed by atoms with van der Waals surface area (Å²) in [4.78, 5) is 13.6. The van der Waals surface area contributed by atoms with E-state index in [-0.39, 0.29) is 36.6 Å². The van der Waals surface area contributed by atoms with Gasteiger partial charge in [-0.1, -0.05) is 93.2 Å². The van der Waals surface area contributed by atoms with Crippen LogP contribution < -0.4 is 0 Å². The molecule has 0 saturated carbocycles. The van der Waals surface area contributed by atoms with Crippen LogP contribution in [0.4, 0.5) is 0 Å². The Balaban J connectivity index is 0.000000178. The number of aryl methyl sites for hydroxylation is 2. The fourth-order valence-corrected chi connectivity index (χ4v) is 6.28. The molecule has 0 aliphatic rings. The molecule has 1 radical (unpaired) electrons. The monoisotopic (exact) mass is 814 g/mol. The second-order valence-corrected chi connectivity index (χ2v) is 13.0. The normalized spacial score (nSPS) is 13.8. The molecule has 0 N–H and O–H groups in total. The Kier molecular flexibility index (Phi) is 7.26. The summed E-state index contributed by atoms with van der Waals surface area (Å²) in [6, 6.07) is 35.9. The first-order chi connectivity index (χ1) is 24.7. The van der Waals surface area contributed by atoms with E-state index < -0.39 is 13.7 Å². The van der Waals surface area contributed by atoms with E-state index in [1.165, 1.54) is 18.3 Å². The van der Waals surface area contributed by atoms with E-state index in [0.29, 0.717) is 16.8 Å². The minimum Gasteiger partial charge on any atom is -0.498 e. The molecule has 4 aromatic heterocycles. The molecule has 0 aliphatic carbocycles. The van der Waals surface area contributed by atoms with Gasteiger partial charge in [-0.25, -0.2) is 4.98 Å². The summed E-state index contributed by atoms with van der Waals surface area (Å²) in [5.41, 5.74) is 7.25. The maximum absolute atomic E-state index is 7.76. The maximum atomic E-state index is 7.76. The smallest absolute Gasteiger partial charge is 0.148 e. The summed E-state index contributed by atoms with van der Waals surface area (Å²) < 4.78 is 53.1. The zero-order valence-corrected chi connectivity index (χ0v) is 29.1. The molecule has 0 fully saturated rings. The SMILES string of the molecule is CC(C)(C)c1nc2c(ccc3c4cc[c-]c(-c5ccccn5)c4oc32)s1.[2H]C([2H])([2H])c1c[c-]c(-c2cc(-c3ccccc3)c(C([2H])([2H])[2H])cn2)cc1.[Ir]. The molecule has 47 heavy (non-hydrogen) atoms. The number of furan rings is 1. The van der Waals surface area contributed by atoms with Gasteiger partial charge in [0.15, 0.2) is 0 Å². The third-order valence-electron chi connectivity index (χ3n) is 7.60. The van der Waals surface area contributed by atoms with Crippen LogP contribution in [0, 0.1) is 25.8 Å². The van der Waals surface area contributed by atoms with Crippen molar-refractivity contribution in [2.75, 3.05) is 0 Å². The molecule has 4 heterocycles. The molecule has 6 heteroatoms. The summed E-state index contributed by atoms with van der Waals surface area (Å²) >= 11 is 1.74. The van der Waals surface area contributed by atoms with Crippen molar-refractivity contribution in [3.05, 3.63) is 138 Å². The van der Waals surface area contributed by atoms with E-state index in [2.05, 4.69) is 61.1 Å². The molecule has 0 saturated heterocycles. The Morgan fingerprint density at radius 3 is 2.36 bits per heavy atom. The predicted molar refractivity (Wildman–Crippen MR) is 191 cm³/mol. The molecule has 0 bridgehead atoms. The minimum atomic E-state index is -2.29. The number of hydrogen-bond donors (Lipinski definition) is 0. The van der Waals surface area contributed by atoms with Crippen molar-refractivity contribution in [3.8, 4) is 33.6 Å². The summed E-state index contributed by atoms with van der Waals surface area (Å²) in [6.45, 7) is 2.09. The van der Waals surface area contributed by atoms with Crippen LogP contribution in [-0.2, 0) is 25.5 Å². The Morgan fingerprint density at radius 1 is 0.809 bits per heavy atom. The summed E-state index contributed by atoms with van der Waals surface area (Å²) in [7, 11) is 0. The molecule has 0 aliphatic heterocycles. The van der Waals surface area contributed by atoms with Gasteiger partial charge in [0.05, 0.1) is 15.3 Å². The van der Waals surface area contributed by atoms with E-state index >= 15 is 0 Å². The van der Waals surface area contributed by atoms with E-state index in [4.69, 9.17) is 17.6 Å². The number of hydrogen-bond acceptors (Lipinski definition) is 5. The average Bonchev–Trinajstić information content (AvgIpc) is 3.74. The van der Waals surface area contributed by atoms with E-state index in [1.807, 2.05) is 54.6 Å². The van der Waals surface area contributed by atoms with Crippen molar-refractivity contribution >= 4 is 43.5 Å². The van der Waals surface area contributed by atoms with Crippen LogP contribution in [0.25, 0.3) is 65.8 Å². The van der Waals surface area contributed by atoms with Crippen molar-refractivity contribution < 1.29 is 32.7 Å². The summed E-state index contributed by atoms with van der Waals surface area (Å²) in [5, 5.41) is 3.29. The van der Waals surface area contributed by atoms with E-state index in [1.54, 1.807) is 29.7 Å². The van der Waals surface area contributed by atoms with E-state index in [0.717, 1.165) is 54.0 Å². The van der Waals surface area contributed by atoms with E-state index in [9.17, 15) is 0 Å². The molecule has 0 unspecified atom stereocenters. The quantitative estimate of drug-likeness (QED) is 0.167. The van der Waals surface area contributed by atoms with Crippen molar-refractivity contribution in [3.63, 3.8) is 0 Å². The Morgan fingerprint density at radius 2 is 1.64 bits per heavy atom. The number of aromatic nitrogens is 3. The number of benzene rings is 4. The minimum absolute atomic E-state index is 0. The molecule has 4 nitrogen and oxygen atoms in total. The van der Waals surface area contributed by atoms with Crippen LogP contribution in [-0.4, -0.2) is 15.0 Å². The first-order valence-corrected chi connectivity index (χ1v) is 15.7. The number of fused-ring (bicyclic) bond motifs is 5. The number of rotatable bonds is 3. The van der Waals surface area contributed by atoms with Gasteiger partial charge in [0.1, 0.15) is 11.1 Å². The van der Waals surface area contributed by atoms with Gasteiger partial charge in [0, 0.05) is 51.5 Å². The third-order valence-corrected chi connectivity index (χ3v) is 9.04. The van der Waals surface area contributed by atoms with Crippen molar-refractivity contribution in [2.24, 2.45) is 0 Å². The van der Waals surface area contributed by atoms with Gasteiger partial charge in [0.2, 0.25) is 0 Å². The standard InChI is InChI=1S/C22H17N2OS.C19H16N.Ir/c1-22(2,3)21-24-18-17(26-21)11-10-14-13-7-6-8-15(19(13)25-20(14)18)16-9-4-5-12-23-16;1-14-8-10-17(11-9-14)19-12-18(15(2)13-20-19)16-6-4-3-5-7-16;/h4-7,9-12H,1-3H3;3-10,12-13H,1-2H3;/q2*-1;/i;1D3,2D3;. The third kappa shape index (κ3) is 6.55. The van der Waals surface area contributed by atoms with Crippen LogP contribution in [0.1, 0.15) is 45.1 Å². The molecule has 4 aromatic carbocycles. The van der Waals surface area contributed by atoms with Gasteiger partial charge < -0.3 is 14.4 Å². The van der Waals surface area contributed by atoms with Crippen LogP contribution >= 0.6 is 11.3 Å². The molecular weight excluding hydrogens is 775 g/mol. The Hall–Kier alpha value is -4.48. The van der Waals surface area contributed by atoms with Crippen molar-refractivity contribution in [1.82, 2.24) is 15.0 Å². The van der Waals surface area contributed by atoms with Crippen LogP contribution in [0.2, 0.25) is 0 Å². The summed E-state index contributed by atoms with van der Waals surface area (Å²) in [5.74, 6) is 0.